The lowest BCUT2D eigenvalue weighted by molar-refractivity contribution is -0.0285. The van der Waals surface area contributed by atoms with Crippen molar-refractivity contribution < 1.29 is 8.95 Å². The Morgan fingerprint density at radius 2 is 2.14 bits per heavy atom. The van der Waals surface area contributed by atoms with Crippen LogP contribution in [0.3, 0.4) is 0 Å². The summed E-state index contributed by atoms with van der Waals surface area (Å²) >= 11 is 0. The molecule has 4 heteroatoms. The largest absolute Gasteiger partial charge is 0.348 e. The summed E-state index contributed by atoms with van der Waals surface area (Å²) in [6.07, 6.45) is 7.54. The zero-order chi connectivity index (χ0) is 10.0. The monoisotopic (exact) mass is 215 g/mol. The smallest absolute Gasteiger partial charge is 0.159 e. The van der Waals surface area contributed by atoms with Gasteiger partial charge in [0.1, 0.15) is 0 Å². The van der Waals surface area contributed by atoms with Crippen molar-refractivity contribution in [2.45, 2.75) is 37.8 Å². The lowest BCUT2D eigenvalue weighted by atomic mass is 9.92. The van der Waals surface area contributed by atoms with Gasteiger partial charge >= 0.3 is 0 Å². The van der Waals surface area contributed by atoms with E-state index in [4.69, 9.17) is 4.74 Å². The first-order valence-corrected chi connectivity index (χ1v) is 6.94. The minimum absolute atomic E-state index is 0.215. The molecule has 1 aliphatic carbocycles. The Hall–Kier alpha value is -0.220. The van der Waals surface area contributed by atoms with Gasteiger partial charge in [0.05, 0.1) is 18.1 Å². The van der Waals surface area contributed by atoms with E-state index in [1.54, 1.807) is 6.26 Å². The zero-order valence-electron chi connectivity index (χ0n) is 8.62. The second-order valence-electron chi connectivity index (χ2n) is 4.19. The van der Waals surface area contributed by atoms with E-state index in [1.807, 2.05) is 0 Å². The van der Waals surface area contributed by atoms with Crippen LogP contribution in [0.25, 0.3) is 0 Å². The van der Waals surface area contributed by atoms with Gasteiger partial charge < -0.3 is 4.74 Å². The van der Waals surface area contributed by atoms with Crippen molar-refractivity contribution in [2.75, 3.05) is 18.6 Å². The van der Waals surface area contributed by atoms with E-state index >= 15 is 0 Å². The van der Waals surface area contributed by atoms with Crippen molar-refractivity contribution in [1.82, 2.24) is 0 Å². The third-order valence-electron chi connectivity index (χ3n) is 2.87. The highest BCUT2D eigenvalue weighted by atomic mass is 32.2. The number of rotatable bonds is 2. The summed E-state index contributed by atoms with van der Waals surface area (Å²) < 4.78 is 16.8. The van der Waals surface area contributed by atoms with Crippen LogP contribution in [0.1, 0.15) is 32.1 Å². The Kier molecular flexibility index (Phi) is 3.02. The van der Waals surface area contributed by atoms with Crippen molar-refractivity contribution in [3.05, 3.63) is 0 Å². The van der Waals surface area contributed by atoms with Crippen LogP contribution >= 0.6 is 0 Å². The SMILES string of the molecule is C[S@](=O)CC1=NC2(CCCCC2)OC1. The van der Waals surface area contributed by atoms with Gasteiger partial charge in [-0.3, -0.25) is 9.20 Å². The topological polar surface area (TPSA) is 38.7 Å². The fraction of sp³-hybridized carbons (Fsp3) is 0.900. The third kappa shape index (κ3) is 2.23. The van der Waals surface area contributed by atoms with Crippen molar-refractivity contribution in [1.29, 1.82) is 0 Å². The number of hydrogen-bond acceptors (Lipinski definition) is 3. The van der Waals surface area contributed by atoms with Crippen LogP contribution in [0.4, 0.5) is 0 Å². The molecule has 0 aromatic heterocycles. The third-order valence-corrected chi connectivity index (χ3v) is 3.61. The van der Waals surface area contributed by atoms with Crippen LogP contribution in [-0.4, -0.2) is 34.3 Å². The van der Waals surface area contributed by atoms with Crippen LogP contribution < -0.4 is 0 Å². The van der Waals surface area contributed by atoms with E-state index in [9.17, 15) is 4.21 Å². The van der Waals surface area contributed by atoms with E-state index in [0.717, 1.165) is 18.6 Å². The summed E-state index contributed by atoms with van der Waals surface area (Å²) in [7, 11) is -0.787. The van der Waals surface area contributed by atoms with Crippen molar-refractivity contribution in [2.24, 2.45) is 4.99 Å². The quantitative estimate of drug-likeness (QED) is 0.700. The molecule has 14 heavy (non-hydrogen) atoms. The van der Waals surface area contributed by atoms with Gasteiger partial charge in [-0.1, -0.05) is 6.42 Å². The number of hydrogen-bond donors (Lipinski definition) is 0. The predicted octanol–water partition coefficient (Wildman–Crippen LogP) is 1.50. The van der Waals surface area contributed by atoms with Crippen molar-refractivity contribution >= 4 is 16.5 Å². The summed E-state index contributed by atoms with van der Waals surface area (Å²) in [6, 6.07) is 0. The first kappa shape index (κ1) is 10.3. The highest BCUT2D eigenvalue weighted by Crippen LogP contribution is 2.35. The Bertz CT molecular complexity index is 269. The molecule has 0 bridgehead atoms. The molecule has 80 valence electrons. The Balaban J connectivity index is 2.02. The van der Waals surface area contributed by atoms with Gasteiger partial charge in [-0.25, -0.2) is 0 Å². The zero-order valence-corrected chi connectivity index (χ0v) is 9.44. The van der Waals surface area contributed by atoms with Gasteiger partial charge in [-0.05, 0) is 25.7 Å². The Morgan fingerprint density at radius 3 is 2.79 bits per heavy atom. The number of aliphatic imine (C=N–C) groups is 1. The van der Waals surface area contributed by atoms with Crippen molar-refractivity contribution in [3.63, 3.8) is 0 Å². The maximum atomic E-state index is 11.0. The van der Waals surface area contributed by atoms with E-state index in [-0.39, 0.29) is 5.72 Å². The van der Waals surface area contributed by atoms with Crippen molar-refractivity contribution in [3.8, 4) is 0 Å². The van der Waals surface area contributed by atoms with E-state index in [1.165, 1.54) is 19.3 Å². The summed E-state index contributed by atoms with van der Waals surface area (Å²) in [5, 5.41) is 0. The molecule has 1 fully saturated rings. The molecule has 2 aliphatic rings. The summed E-state index contributed by atoms with van der Waals surface area (Å²) in [5.74, 6) is 0.585. The fourth-order valence-electron chi connectivity index (χ4n) is 2.24. The molecule has 1 aliphatic heterocycles. The summed E-state index contributed by atoms with van der Waals surface area (Å²) in [6.45, 7) is 0.597. The maximum Gasteiger partial charge on any atom is 0.159 e. The lowest BCUT2D eigenvalue weighted by Gasteiger charge is -2.29. The van der Waals surface area contributed by atoms with Crippen LogP contribution in [0.2, 0.25) is 0 Å². The molecule has 1 atom stereocenters. The molecule has 0 unspecified atom stereocenters. The molecule has 0 radical (unpaired) electrons. The molecule has 0 N–H and O–H groups in total. The first-order valence-electron chi connectivity index (χ1n) is 5.22. The van der Waals surface area contributed by atoms with Gasteiger partial charge in [-0.2, -0.15) is 0 Å². The summed E-state index contributed by atoms with van der Waals surface area (Å²) in [5.41, 5.74) is 0.778. The molecular formula is C10H17NO2S. The van der Waals surface area contributed by atoms with Gasteiger partial charge in [-0.15, -0.1) is 0 Å². The van der Waals surface area contributed by atoms with Gasteiger partial charge in [0.25, 0.3) is 0 Å². The van der Waals surface area contributed by atoms with E-state index < -0.39 is 10.8 Å². The predicted molar refractivity (Wildman–Crippen MR) is 58.1 cm³/mol. The molecule has 0 aromatic carbocycles. The minimum Gasteiger partial charge on any atom is -0.348 e. The average molecular weight is 215 g/mol. The molecule has 0 aromatic rings. The van der Waals surface area contributed by atoms with Gasteiger partial charge in [0.15, 0.2) is 5.72 Å². The van der Waals surface area contributed by atoms with Crippen LogP contribution in [0.15, 0.2) is 4.99 Å². The molecular weight excluding hydrogens is 198 g/mol. The molecule has 0 saturated heterocycles. The Morgan fingerprint density at radius 1 is 1.43 bits per heavy atom. The molecule has 1 saturated carbocycles. The highest BCUT2D eigenvalue weighted by molar-refractivity contribution is 7.85. The molecule has 2 rings (SSSR count). The van der Waals surface area contributed by atoms with Crippen LogP contribution in [-0.2, 0) is 15.5 Å². The second kappa shape index (κ2) is 4.11. The summed E-state index contributed by atoms with van der Waals surface area (Å²) in [4.78, 5) is 4.62. The highest BCUT2D eigenvalue weighted by Gasteiger charge is 2.36. The fourth-order valence-corrected chi connectivity index (χ4v) is 2.86. The van der Waals surface area contributed by atoms with E-state index in [0.29, 0.717) is 12.4 Å². The second-order valence-corrected chi connectivity index (χ2v) is 5.63. The number of ether oxygens (including phenoxy) is 1. The first-order chi connectivity index (χ1) is 6.70. The van der Waals surface area contributed by atoms with Crippen LogP contribution in [0, 0.1) is 0 Å². The van der Waals surface area contributed by atoms with Gasteiger partial charge in [0.2, 0.25) is 0 Å². The number of nitrogens with zero attached hydrogens (tertiary/aromatic N) is 1. The lowest BCUT2D eigenvalue weighted by Crippen LogP contribution is -2.29. The normalized spacial score (nSPS) is 27.6. The Labute approximate surface area is 87.4 Å². The standard InChI is InChI=1S/C10H17NO2S/c1-14(12)8-9-7-13-10(11-9)5-3-2-4-6-10/h2-8H2,1H3/t14-/m0/s1. The molecule has 1 spiro atoms. The van der Waals surface area contributed by atoms with Gasteiger partial charge in [0, 0.05) is 17.1 Å². The molecule has 1 heterocycles. The minimum atomic E-state index is -0.787. The molecule has 0 amide bonds. The van der Waals surface area contributed by atoms with E-state index in [2.05, 4.69) is 4.99 Å². The maximum absolute atomic E-state index is 11.0. The molecule has 3 nitrogen and oxygen atoms in total. The average Bonchev–Trinajstić information content (AvgIpc) is 2.49. The van der Waals surface area contributed by atoms with Crippen LogP contribution in [0.5, 0.6) is 0 Å².